The first-order valence-electron chi connectivity index (χ1n) is 12.0. The zero-order valence-electron chi connectivity index (χ0n) is 20.6. The van der Waals surface area contributed by atoms with Gasteiger partial charge in [0.15, 0.2) is 0 Å². The van der Waals surface area contributed by atoms with Crippen molar-refractivity contribution in [2.45, 2.75) is 85.7 Å². The molecule has 1 aromatic rings. The summed E-state index contributed by atoms with van der Waals surface area (Å²) >= 11 is 0. The van der Waals surface area contributed by atoms with E-state index < -0.39 is 0 Å². The molecule has 2 N–H and O–H groups in total. The van der Waals surface area contributed by atoms with Crippen LogP contribution in [0, 0.1) is 17.8 Å². The van der Waals surface area contributed by atoms with Gasteiger partial charge in [0.2, 0.25) is 0 Å². The van der Waals surface area contributed by atoms with Gasteiger partial charge in [0.25, 0.3) is 0 Å². The highest BCUT2D eigenvalue weighted by Gasteiger charge is 2.33. The number of hydrogen-bond acceptors (Lipinski definition) is 3. The topological polar surface area (TPSA) is 38.5 Å². The minimum absolute atomic E-state index is 0.176. The molecule has 0 spiro atoms. The summed E-state index contributed by atoms with van der Waals surface area (Å²) in [5.41, 5.74) is 11.2. The van der Waals surface area contributed by atoms with Crippen LogP contribution in [0.25, 0.3) is 0 Å². The Labute approximate surface area is 186 Å². The predicted octanol–water partition coefficient (Wildman–Crippen LogP) is 6.16. The monoisotopic (exact) mass is 414 g/mol. The Kier molecular flexibility index (Phi) is 9.43. The number of hydrogen-bond donors (Lipinski definition) is 1. The van der Waals surface area contributed by atoms with Crippen molar-refractivity contribution in [3.63, 3.8) is 0 Å². The Morgan fingerprint density at radius 3 is 2.43 bits per heavy atom. The third-order valence-corrected chi connectivity index (χ3v) is 6.82. The number of fused-ring (bicyclic) bond motifs is 3. The predicted molar refractivity (Wildman–Crippen MR) is 130 cm³/mol. The average molecular weight is 415 g/mol. The van der Waals surface area contributed by atoms with E-state index in [1.807, 2.05) is 6.92 Å². The first-order chi connectivity index (χ1) is 14.2. The maximum absolute atomic E-state index is 5.66. The second-order valence-corrected chi connectivity index (χ2v) is 10.2. The number of methoxy groups -OCH3 is 1. The van der Waals surface area contributed by atoms with E-state index in [1.54, 1.807) is 12.7 Å². The maximum Gasteiger partial charge on any atom is 0.122 e. The Balaban J connectivity index is 0.000000343. The number of nitrogens with zero attached hydrogens (tertiary/aromatic N) is 1. The highest BCUT2D eigenvalue weighted by Crippen LogP contribution is 2.41. The Hall–Kier alpha value is -1.32. The summed E-state index contributed by atoms with van der Waals surface area (Å²) in [5, 5.41) is 0. The number of benzene rings is 1. The summed E-state index contributed by atoms with van der Waals surface area (Å²) in [6, 6.07) is 5.58. The van der Waals surface area contributed by atoms with Gasteiger partial charge < -0.3 is 10.5 Å². The van der Waals surface area contributed by atoms with Gasteiger partial charge in [-0.3, -0.25) is 4.90 Å². The smallest absolute Gasteiger partial charge is 0.122 e. The third kappa shape index (κ3) is 6.34. The van der Waals surface area contributed by atoms with Crippen molar-refractivity contribution in [3.8, 4) is 5.75 Å². The molecule has 2 aliphatic heterocycles. The van der Waals surface area contributed by atoms with Crippen LogP contribution in [-0.4, -0.2) is 31.1 Å². The van der Waals surface area contributed by atoms with Crippen molar-refractivity contribution in [2.24, 2.45) is 23.5 Å². The molecule has 0 bridgehead atoms. The van der Waals surface area contributed by atoms with Crippen LogP contribution >= 0.6 is 0 Å². The molecule has 1 aromatic carbocycles. The zero-order valence-corrected chi connectivity index (χ0v) is 20.6. The van der Waals surface area contributed by atoms with Gasteiger partial charge in [-0.1, -0.05) is 52.8 Å². The van der Waals surface area contributed by atoms with Crippen molar-refractivity contribution < 1.29 is 4.74 Å². The van der Waals surface area contributed by atoms with Gasteiger partial charge in [-0.25, -0.2) is 0 Å². The molecule has 1 fully saturated rings. The van der Waals surface area contributed by atoms with Crippen LogP contribution in [0.1, 0.15) is 83.5 Å². The van der Waals surface area contributed by atoms with Crippen LogP contribution in [0.5, 0.6) is 5.75 Å². The fraction of sp³-hybridized carbons (Fsp3) is 0.704. The minimum Gasteiger partial charge on any atom is -0.496 e. The van der Waals surface area contributed by atoms with Crippen molar-refractivity contribution in [1.29, 1.82) is 0 Å². The summed E-state index contributed by atoms with van der Waals surface area (Å²) in [6.07, 6.45) is 6.35. The van der Waals surface area contributed by atoms with E-state index in [-0.39, 0.29) is 6.04 Å². The molecular weight excluding hydrogens is 368 g/mol. The third-order valence-electron chi connectivity index (χ3n) is 6.82. The lowest BCUT2D eigenvalue weighted by Crippen LogP contribution is -2.42. The van der Waals surface area contributed by atoms with Crippen LogP contribution in [0.4, 0.5) is 0 Å². The molecule has 3 heteroatoms. The molecule has 2 heterocycles. The van der Waals surface area contributed by atoms with Gasteiger partial charge in [-0.2, -0.15) is 0 Å². The SMILES string of the molecule is C=C(C)C(N)C(C)C.CCc1cc2c(cc1OC)CCN1CC(CC(C)C)CCC21. The van der Waals surface area contributed by atoms with Gasteiger partial charge in [0, 0.05) is 25.2 Å². The standard InChI is InChI=1S/C20H31NO.C7H15N/c1-5-16-11-18-17(12-20(16)22-4)8-9-21-13-15(10-14(2)3)6-7-19(18)21;1-5(2)7(8)6(3)4/h11-12,14-15,19H,5-10,13H2,1-4H3;6-7H,1,8H2,2-4H3. The molecule has 0 aliphatic carbocycles. The highest BCUT2D eigenvalue weighted by molar-refractivity contribution is 5.45. The molecular formula is C27H46N2O. The minimum atomic E-state index is 0.176. The second kappa shape index (κ2) is 11.3. The highest BCUT2D eigenvalue weighted by atomic mass is 16.5. The molecule has 3 atom stereocenters. The van der Waals surface area contributed by atoms with Gasteiger partial charge in [0.1, 0.15) is 5.75 Å². The molecule has 2 aliphatic rings. The van der Waals surface area contributed by atoms with Gasteiger partial charge in [0.05, 0.1) is 7.11 Å². The molecule has 170 valence electrons. The van der Waals surface area contributed by atoms with Crippen LogP contribution in [0.15, 0.2) is 24.3 Å². The Morgan fingerprint density at radius 2 is 1.93 bits per heavy atom. The number of ether oxygens (including phenoxy) is 1. The molecule has 0 amide bonds. The molecule has 1 saturated heterocycles. The summed E-state index contributed by atoms with van der Waals surface area (Å²) < 4.78 is 5.59. The zero-order chi connectivity index (χ0) is 22.4. The Morgan fingerprint density at radius 1 is 1.23 bits per heavy atom. The normalized spacial score (nSPS) is 22.1. The van der Waals surface area contributed by atoms with E-state index in [1.165, 1.54) is 49.9 Å². The lowest BCUT2D eigenvalue weighted by molar-refractivity contribution is 0.0895. The van der Waals surface area contributed by atoms with Crippen molar-refractivity contribution in [3.05, 3.63) is 41.0 Å². The summed E-state index contributed by atoms with van der Waals surface area (Å²) in [4.78, 5) is 2.75. The van der Waals surface area contributed by atoms with Crippen LogP contribution in [0.2, 0.25) is 0 Å². The van der Waals surface area contributed by atoms with E-state index in [0.29, 0.717) is 12.0 Å². The molecule has 30 heavy (non-hydrogen) atoms. The van der Waals surface area contributed by atoms with E-state index >= 15 is 0 Å². The molecule has 0 saturated carbocycles. The van der Waals surface area contributed by atoms with E-state index in [4.69, 9.17) is 10.5 Å². The quantitative estimate of drug-likeness (QED) is 0.567. The second-order valence-electron chi connectivity index (χ2n) is 10.2. The lowest BCUT2D eigenvalue weighted by atomic mass is 9.80. The van der Waals surface area contributed by atoms with E-state index in [9.17, 15) is 0 Å². The lowest BCUT2D eigenvalue weighted by Gasteiger charge is -2.44. The number of nitrogens with two attached hydrogens (primary N) is 1. The maximum atomic E-state index is 5.66. The molecule has 3 unspecified atom stereocenters. The number of aryl methyl sites for hydroxylation is 1. The molecule has 0 radical (unpaired) electrons. The molecule has 3 rings (SSSR count). The molecule has 0 aromatic heterocycles. The van der Waals surface area contributed by atoms with Crippen molar-refractivity contribution in [1.82, 2.24) is 4.90 Å². The van der Waals surface area contributed by atoms with Crippen LogP contribution in [0.3, 0.4) is 0 Å². The average Bonchev–Trinajstić information content (AvgIpc) is 2.71. The fourth-order valence-corrected chi connectivity index (χ4v) is 5.10. The van der Waals surface area contributed by atoms with Crippen molar-refractivity contribution >= 4 is 0 Å². The number of piperidine rings is 1. The first-order valence-corrected chi connectivity index (χ1v) is 12.0. The Bertz CT molecular complexity index is 694. The summed E-state index contributed by atoms with van der Waals surface area (Å²) in [7, 11) is 1.80. The summed E-state index contributed by atoms with van der Waals surface area (Å²) in [6.45, 7) is 19.4. The van der Waals surface area contributed by atoms with Gasteiger partial charge >= 0.3 is 0 Å². The largest absolute Gasteiger partial charge is 0.496 e. The number of rotatable bonds is 6. The van der Waals surface area contributed by atoms with Gasteiger partial charge in [-0.15, -0.1) is 0 Å². The van der Waals surface area contributed by atoms with E-state index in [0.717, 1.165) is 29.6 Å². The first kappa shape index (κ1) is 24.9. The van der Waals surface area contributed by atoms with E-state index in [2.05, 4.69) is 58.2 Å². The molecule has 3 nitrogen and oxygen atoms in total. The summed E-state index contributed by atoms with van der Waals surface area (Å²) in [5.74, 6) is 3.34. The van der Waals surface area contributed by atoms with Crippen LogP contribution < -0.4 is 10.5 Å². The van der Waals surface area contributed by atoms with Crippen LogP contribution in [-0.2, 0) is 12.8 Å². The fourth-order valence-electron chi connectivity index (χ4n) is 5.10. The van der Waals surface area contributed by atoms with Gasteiger partial charge in [-0.05, 0) is 79.5 Å². The van der Waals surface area contributed by atoms with Crippen molar-refractivity contribution in [2.75, 3.05) is 20.2 Å².